The predicted molar refractivity (Wildman–Crippen MR) is 90.1 cm³/mol. The van der Waals surface area contributed by atoms with Crippen LogP contribution in [0.5, 0.6) is 5.75 Å². The zero-order valence-electron chi connectivity index (χ0n) is 13.8. The van der Waals surface area contributed by atoms with Crippen molar-refractivity contribution in [1.29, 1.82) is 0 Å². The van der Waals surface area contributed by atoms with Gasteiger partial charge in [0.25, 0.3) is 0 Å². The number of β-amino-alcohol motifs (C(OH)–C–C–N with tert-alkyl or cyclic N) is 1. The van der Waals surface area contributed by atoms with Crippen LogP contribution in [0.25, 0.3) is 10.9 Å². The molecule has 1 aromatic carbocycles. The van der Waals surface area contributed by atoms with Crippen LogP contribution in [0.15, 0.2) is 36.8 Å². The average Bonchev–Trinajstić information content (AvgIpc) is 3.23. The van der Waals surface area contributed by atoms with Crippen molar-refractivity contribution < 1.29 is 14.2 Å². The molecular weight excluding hydrogens is 325 g/mol. The van der Waals surface area contributed by atoms with E-state index < -0.39 is 11.4 Å². The van der Waals surface area contributed by atoms with E-state index in [1.807, 2.05) is 6.07 Å². The number of pyridine rings is 1. The van der Waals surface area contributed by atoms with E-state index in [0.29, 0.717) is 31.6 Å². The zero-order valence-corrected chi connectivity index (χ0v) is 13.8. The summed E-state index contributed by atoms with van der Waals surface area (Å²) < 4.78 is 20.7. The van der Waals surface area contributed by atoms with Gasteiger partial charge < -0.3 is 14.7 Å². The Balaban J connectivity index is 1.66. The fraction of sp³-hybridized carbons (Fsp3) is 0.353. The van der Waals surface area contributed by atoms with Crippen LogP contribution < -0.4 is 9.64 Å². The van der Waals surface area contributed by atoms with Gasteiger partial charge in [-0.25, -0.2) is 9.07 Å². The molecule has 1 atom stereocenters. The van der Waals surface area contributed by atoms with Crippen LogP contribution in [0.4, 0.5) is 10.1 Å². The van der Waals surface area contributed by atoms with Crippen molar-refractivity contribution in [2.24, 2.45) is 0 Å². The maximum Gasteiger partial charge on any atom is 0.167 e. The van der Waals surface area contributed by atoms with Crippen molar-refractivity contribution in [1.82, 2.24) is 20.0 Å². The third kappa shape index (κ3) is 2.89. The Morgan fingerprint density at radius 2 is 2.24 bits per heavy atom. The minimum absolute atomic E-state index is 0.179. The van der Waals surface area contributed by atoms with E-state index >= 15 is 0 Å². The maximum atomic E-state index is 13.9. The molecule has 1 fully saturated rings. The number of methoxy groups -OCH3 is 1. The number of anilines is 1. The van der Waals surface area contributed by atoms with E-state index in [4.69, 9.17) is 4.74 Å². The van der Waals surface area contributed by atoms with Crippen molar-refractivity contribution in [3.05, 3.63) is 42.6 Å². The van der Waals surface area contributed by atoms with Gasteiger partial charge in [0.15, 0.2) is 11.6 Å². The van der Waals surface area contributed by atoms with Gasteiger partial charge in [-0.3, -0.25) is 4.98 Å². The molecule has 0 saturated carbocycles. The second-order valence-electron chi connectivity index (χ2n) is 6.33. The Labute approximate surface area is 143 Å². The molecular formula is C17H18FN5O2. The van der Waals surface area contributed by atoms with E-state index in [-0.39, 0.29) is 5.75 Å². The van der Waals surface area contributed by atoms with Crippen LogP contribution in [-0.2, 0) is 6.54 Å². The second kappa shape index (κ2) is 5.96. The number of rotatable bonds is 4. The van der Waals surface area contributed by atoms with E-state index in [1.54, 1.807) is 29.3 Å². The number of ether oxygens (including phenoxy) is 1. The first-order chi connectivity index (χ1) is 12.1. The summed E-state index contributed by atoms with van der Waals surface area (Å²) in [5, 5.41) is 19.4. The van der Waals surface area contributed by atoms with Crippen molar-refractivity contribution >= 4 is 16.6 Å². The fourth-order valence-corrected chi connectivity index (χ4v) is 3.37. The minimum Gasteiger partial charge on any atom is -0.494 e. The highest BCUT2D eigenvalue weighted by Gasteiger charge is 2.37. The number of aliphatic hydroxyl groups is 1. The molecule has 0 amide bonds. The molecule has 1 aliphatic rings. The molecule has 2 aromatic heterocycles. The molecule has 3 aromatic rings. The van der Waals surface area contributed by atoms with Gasteiger partial charge in [-0.2, -0.15) is 0 Å². The molecule has 8 heteroatoms. The summed E-state index contributed by atoms with van der Waals surface area (Å²) in [5.41, 5.74) is 0.563. The van der Waals surface area contributed by atoms with Gasteiger partial charge >= 0.3 is 0 Å². The van der Waals surface area contributed by atoms with Crippen LogP contribution in [0, 0.1) is 5.82 Å². The molecule has 1 unspecified atom stereocenters. The lowest BCUT2D eigenvalue weighted by atomic mass is 10.0. The number of hydrogen-bond donors (Lipinski definition) is 1. The van der Waals surface area contributed by atoms with E-state index in [0.717, 1.165) is 11.1 Å². The molecule has 1 N–H and O–H groups in total. The molecule has 0 spiro atoms. The Kier molecular flexibility index (Phi) is 3.76. The summed E-state index contributed by atoms with van der Waals surface area (Å²) in [6.07, 6.45) is 5.58. The van der Waals surface area contributed by atoms with Gasteiger partial charge in [0.2, 0.25) is 0 Å². The van der Waals surface area contributed by atoms with Crippen LogP contribution in [0.2, 0.25) is 0 Å². The smallest absolute Gasteiger partial charge is 0.167 e. The first kappa shape index (κ1) is 15.8. The summed E-state index contributed by atoms with van der Waals surface area (Å²) in [7, 11) is 1.44. The summed E-state index contributed by atoms with van der Waals surface area (Å²) >= 11 is 0. The molecule has 1 saturated heterocycles. The standard InChI is InChI=1S/C17H18FN5O2/c1-25-16-8-12-14(9-13(16)18)19-4-2-15(12)22-6-3-17(24,10-22)11-23-7-5-20-21-23/h2,4-5,7-9,24H,3,6,10-11H2,1H3. The zero-order chi connectivity index (χ0) is 17.4. The number of benzene rings is 1. The topological polar surface area (TPSA) is 76.3 Å². The van der Waals surface area contributed by atoms with Crippen LogP contribution in [-0.4, -0.2) is 50.9 Å². The van der Waals surface area contributed by atoms with Crippen molar-refractivity contribution in [2.45, 2.75) is 18.6 Å². The lowest BCUT2D eigenvalue weighted by molar-refractivity contribution is 0.0409. The number of fused-ring (bicyclic) bond motifs is 1. The first-order valence-electron chi connectivity index (χ1n) is 8.02. The highest BCUT2D eigenvalue weighted by Crippen LogP contribution is 2.34. The molecule has 0 bridgehead atoms. The molecule has 0 radical (unpaired) electrons. The van der Waals surface area contributed by atoms with Crippen LogP contribution in [0.1, 0.15) is 6.42 Å². The monoisotopic (exact) mass is 343 g/mol. The van der Waals surface area contributed by atoms with Crippen LogP contribution >= 0.6 is 0 Å². The highest BCUT2D eigenvalue weighted by atomic mass is 19.1. The van der Waals surface area contributed by atoms with E-state index in [1.165, 1.54) is 13.2 Å². The maximum absolute atomic E-state index is 13.9. The molecule has 3 heterocycles. The Hall–Kier alpha value is -2.74. The number of hydrogen-bond acceptors (Lipinski definition) is 6. The summed E-state index contributed by atoms with van der Waals surface area (Å²) in [4.78, 5) is 6.32. The summed E-state index contributed by atoms with van der Waals surface area (Å²) in [5.74, 6) is -0.261. The predicted octanol–water partition coefficient (Wildman–Crippen LogP) is 1.62. The second-order valence-corrected chi connectivity index (χ2v) is 6.33. The third-order valence-electron chi connectivity index (χ3n) is 4.59. The molecule has 130 valence electrons. The quantitative estimate of drug-likeness (QED) is 0.776. The number of halogens is 1. The third-order valence-corrected chi connectivity index (χ3v) is 4.59. The first-order valence-corrected chi connectivity index (χ1v) is 8.02. The van der Waals surface area contributed by atoms with Crippen molar-refractivity contribution in [3.63, 3.8) is 0 Å². The van der Waals surface area contributed by atoms with Gasteiger partial charge in [-0.15, -0.1) is 5.10 Å². The van der Waals surface area contributed by atoms with Gasteiger partial charge in [-0.1, -0.05) is 5.21 Å². The number of nitrogens with zero attached hydrogens (tertiary/aromatic N) is 5. The minimum atomic E-state index is -0.895. The summed E-state index contributed by atoms with van der Waals surface area (Å²) in [6, 6.07) is 4.90. The lowest BCUT2D eigenvalue weighted by Crippen LogP contribution is -2.37. The average molecular weight is 343 g/mol. The van der Waals surface area contributed by atoms with E-state index in [9.17, 15) is 9.50 Å². The summed E-state index contributed by atoms with van der Waals surface area (Å²) in [6.45, 7) is 1.51. The Morgan fingerprint density at radius 1 is 1.36 bits per heavy atom. The molecule has 25 heavy (non-hydrogen) atoms. The van der Waals surface area contributed by atoms with Crippen LogP contribution in [0.3, 0.4) is 0 Å². The van der Waals surface area contributed by atoms with Gasteiger partial charge in [0, 0.05) is 42.6 Å². The molecule has 7 nitrogen and oxygen atoms in total. The molecule has 0 aliphatic carbocycles. The highest BCUT2D eigenvalue weighted by molar-refractivity contribution is 5.92. The largest absolute Gasteiger partial charge is 0.494 e. The molecule has 1 aliphatic heterocycles. The normalized spacial score (nSPS) is 20.4. The van der Waals surface area contributed by atoms with Gasteiger partial charge in [0.1, 0.15) is 5.60 Å². The molecule has 4 rings (SSSR count). The fourth-order valence-electron chi connectivity index (χ4n) is 3.37. The Morgan fingerprint density at radius 3 is 3.00 bits per heavy atom. The van der Waals surface area contributed by atoms with Crippen molar-refractivity contribution in [3.8, 4) is 5.75 Å². The van der Waals surface area contributed by atoms with E-state index in [2.05, 4.69) is 20.2 Å². The van der Waals surface area contributed by atoms with Crippen molar-refractivity contribution in [2.75, 3.05) is 25.1 Å². The SMILES string of the molecule is COc1cc2c(N3CCC(O)(Cn4ccnn4)C3)ccnc2cc1F. The van der Waals surface area contributed by atoms with Gasteiger partial charge in [0.05, 0.1) is 25.4 Å². The number of aromatic nitrogens is 4. The van der Waals surface area contributed by atoms with Gasteiger partial charge in [-0.05, 0) is 18.6 Å². The lowest BCUT2D eigenvalue weighted by Gasteiger charge is -2.25. The Bertz CT molecular complexity index is 901.